The van der Waals surface area contributed by atoms with Crippen molar-refractivity contribution >= 4 is 23.2 Å². The zero-order chi connectivity index (χ0) is 25.3. The van der Waals surface area contributed by atoms with Gasteiger partial charge in [-0.15, -0.1) is 11.8 Å². The molecule has 1 spiro atoms. The number of benzene rings is 2. The molecule has 1 saturated carbocycles. The van der Waals surface area contributed by atoms with E-state index in [1.165, 1.54) is 10.5 Å². The minimum absolute atomic E-state index is 0.0480. The molecule has 2 aromatic rings. The number of hydrogen-bond donors (Lipinski definition) is 1. The van der Waals surface area contributed by atoms with Crippen molar-refractivity contribution in [3.63, 3.8) is 0 Å². The first kappa shape index (κ1) is 25.3. The van der Waals surface area contributed by atoms with Gasteiger partial charge in [0.25, 0.3) is 0 Å². The van der Waals surface area contributed by atoms with Crippen LogP contribution >= 0.6 is 11.8 Å². The van der Waals surface area contributed by atoms with Crippen molar-refractivity contribution in [2.45, 2.75) is 61.5 Å². The Balaban J connectivity index is 1.34. The molecule has 5 nitrogen and oxygen atoms in total. The van der Waals surface area contributed by atoms with Gasteiger partial charge in [0.05, 0.1) is 24.5 Å². The van der Waals surface area contributed by atoms with Gasteiger partial charge in [0, 0.05) is 41.3 Å². The van der Waals surface area contributed by atoms with E-state index in [0.717, 1.165) is 22.4 Å². The number of ether oxygens (including phenoxy) is 2. The average Bonchev–Trinajstić information content (AvgIpc) is 3.31. The van der Waals surface area contributed by atoms with Gasteiger partial charge < -0.3 is 14.4 Å². The summed E-state index contributed by atoms with van der Waals surface area (Å²) in [7, 11) is 0. The van der Waals surface area contributed by atoms with Crippen LogP contribution in [0.3, 0.4) is 0 Å². The second-order valence-corrected chi connectivity index (χ2v) is 10.5. The SMILES string of the molecule is Cc1cc(SCc2ccccc2)ccc1N1C=C(C(F)(F)F)C(C2CCC3(CC2)OCCO3)=NC1N. The zero-order valence-corrected chi connectivity index (χ0v) is 20.9. The third-order valence-corrected chi connectivity index (χ3v) is 8.11. The van der Waals surface area contributed by atoms with Gasteiger partial charge in [-0.3, -0.25) is 5.73 Å². The molecule has 1 saturated heterocycles. The number of rotatable bonds is 5. The van der Waals surface area contributed by atoms with Gasteiger partial charge in [0.1, 0.15) is 0 Å². The molecule has 192 valence electrons. The van der Waals surface area contributed by atoms with Crippen LogP contribution in [0.4, 0.5) is 18.9 Å². The van der Waals surface area contributed by atoms with Crippen molar-refractivity contribution in [3.05, 3.63) is 71.4 Å². The zero-order valence-electron chi connectivity index (χ0n) is 20.1. The fraction of sp³-hybridized carbons (Fsp3) is 0.444. The molecule has 2 heterocycles. The van der Waals surface area contributed by atoms with Crippen molar-refractivity contribution in [2.24, 2.45) is 16.6 Å². The first-order valence-electron chi connectivity index (χ1n) is 12.2. The Hall–Kier alpha value is -2.33. The van der Waals surface area contributed by atoms with Gasteiger partial charge in [-0.25, -0.2) is 4.99 Å². The molecule has 1 atom stereocenters. The topological polar surface area (TPSA) is 60.1 Å². The quantitative estimate of drug-likeness (QED) is 0.481. The molecular formula is C27H30F3N3O2S. The van der Waals surface area contributed by atoms with Crippen molar-refractivity contribution < 1.29 is 22.6 Å². The number of thioether (sulfide) groups is 1. The van der Waals surface area contributed by atoms with Crippen LogP contribution in [0.2, 0.25) is 0 Å². The maximum Gasteiger partial charge on any atom is 0.419 e. The largest absolute Gasteiger partial charge is 0.419 e. The van der Waals surface area contributed by atoms with Crippen LogP contribution in [-0.4, -0.2) is 37.2 Å². The van der Waals surface area contributed by atoms with E-state index in [2.05, 4.69) is 17.1 Å². The molecule has 2 aliphatic heterocycles. The Morgan fingerprint density at radius 2 is 1.78 bits per heavy atom. The lowest BCUT2D eigenvalue weighted by molar-refractivity contribution is -0.179. The van der Waals surface area contributed by atoms with Gasteiger partial charge in [0.2, 0.25) is 0 Å². The van der Waals surface area contributed by atoms with Crippen LogP contribution in [0.1, 0.15) is 36.8 Å². The van der Waals surface area contributed by atoms with Crippen LogP contribution in [0, 0.1) is 12.8 Å². The number of aliphatic imine (C=N–C) groups is 1. The molecule has 5 rings (SSSR count). The highest BCUT2D eigenvalue weighted by atomic mass is 32.2. The Labute approximate surface area is 213 Å². The highest BCUT2D eigenvalue weighted by Gasteiger charge is 2.47. The normalized spacial score (nSPS) is 22.6. The molecule has 0 amide bonds. The molecule has 3 aliphatic rings. The average molecular weight is 518 g/mol. The number of anilines is 1. The van der Waals surface area contributed by atoms with E-state index in [0.29, 0.717) is 44.6 Å². The fourth-order valence-corrected chi connectivity index (χ4v) is 6.13. The van der Waals surface area contributed by atoms with Crippen LogP contribution in [0.5, 0.6) is 0 Å². The fourth-order valence-electron chi connectivity index (χ4n) is 5.18. The van der Waals surface area contributed by atoms with Crippen LogP contribution in [-0.2, 0) is 15.2 Å². The van der Waals surface area contributed by atoms with Crippen LogP contribution < -0.4 is 10.6 Å². The molecule has 0 aromatic heterocycles. The number of nitrogens with two attached hydrogens (primary N) is 1. The first-order valence-corrected chi connectivity index (χ1v) is 13.2. The molecule has 0 radical (unpaired) electrons. The van der Waals surface area contributed by atoms with Gasteiger partial charge in [-0.1, -0.05) is 30.3 Å². The van der Waals surface area contributed by atoms with E-state index in [1.807, 2.05) is 43.3 Å². The number of hydrogen-bond acceptors (Lipinski definition) is 6. The third kappa shape index (κ3) is 5.34. The van der Waals surface area contributed by atoms with Crippen molar-refractivity contribution in [1.82, 2.24) is 0 Å². The van der Waals surface area contributed by atoms with E-state index >= 15 is 0 Å². The minimum atomic E-state index is -4.54. The molecule has 1 aliphatic carbocycles. The van der Waals surface area contributed by atoms with E-state index in [-0.39, 0.29) is 11.6 Å². The maximum atomic E-state index is 14.2. The molecule has 2 fully saturated rings. The van der Waals surface area contributed by atoms with Gasteiger partial charge >= 0.3 is 6.18 Å². The summed E-state index contributed by atoms with van der Waals surface area (Å²) in [6, 6.07) is 15.9. The lowest BCUT2D eigenvalue weighted by atomic mass is 9.79. The van der Waals surface area contributed by atoms with Crippen LogP contribution in [0.15, 0.2) is 70.2 Å². The molecule has 1 unspecified atom stereocenters. The molecule has 9 heteroatoms. The highest BCUT2D eigenvalue weighted by Crippen LogP contribution is 2.43. The van der Waals surface area contributed by atoms with Crippen molar-refractivity contribution in [2.75, 3.05) is 18.1 Å². The Kier molecular flexibility index (Phi) is 7.18. The summed E-state index contributed by atoms with van der Waals surface area (Å²) in [4.78, 5) is 6.89. The summed E-state index contributed by atoms with van der Waals surface area (Å²) in [5.41, 5.74) is 8.34. The lowest BCUT2D eigenvalue weighted by Gasteiger charge is -2.39. The summed E-state index contributed by atoms with van der Waals surface area (Å²) in [5, 5.41) is 0. The predicted octanol–water partition coefficient (Wildman–Crippen LogP) is 6.17. The monoisotopic (exact) mass is 517 g/mol. The highest BCUT2D eigenvalue weighted by molar-refractivity contribution is 7.98. The Morgan fingerprint density at radius 3 is 2.42 bits per heavy atom. The van der Waals surface area contributed by atoms with Crippen LogP contribution in [0.25, 0.3) is 0 Å². The molecule has 0 bridgehead atoms. The molecule has 2 N–H and O–H groups in total. The summed E-state index contributed by atoms with van der Waals surface area (Å²) >= 11 is 1.68. The van der Waals surface area contributed by atoms with E-state index < -0.39 is 23.8 Å². The third-order valence-electron chi connectivity index (χ3n) is 7.05. The number of nitrogens with zero attached hydrogens (tertiary/aromatic N) is 2. The summed E-state index contributed by atoms with van der Waals surface area (Å²) in [6.45, 7) is 2.95. The maximum absolute atomic E-state index is 14.2. The van der Waals surface area contributed by atoms with E-state index in [4.69, 9.17) is 15.2 Å². The molecule has 2 aromatic carbocycles. The Bertz CT molecular complexity index is 1140. The summed E-state index contributed by atoms with van der Waals surface area (Å²) in [5.74, 6) is -0.158. The number of allylic oxidation sites excluding steroid dienone is 1. The first-order chi connectivity index (χ1) is 17.2. The van der Waals surface area contributed by atoms with E-state index in [1.54, 1.807) is 11.8 Å². The Morgan fingerprint density at radius 1 is 1.08 bits per heavy atom. The van der Waals surface area contributed by atoms with Gasteiger partial charge in [-0.2, -0.15) is 13.2 Å². The number of alkyl halides is 3. The second kappa shape index (κ2) is 10.2. The number of aryl methyl sites for hydroxylation is 1. The number of halogens is 3. The van der Waals surface area contributed by atoms with Gasteiger partial charge in [0.15, 0.2) is 12.1 Å². The molecular weight excluding hydrogens is 487 g/mol. The second-order valence-electron chi connectivity index (χ2n) is 9.48. The lowest BCUT2D eigenvalue weighted by Crippen LogP contribution is -2.46. The van der Waals surface area contributed by atoms with Crippen molar-refractivity contribution in [1.29, 1.82) is 0 Å². The van der Waals surface area contributed by atoms with E-state index in [9.17, 15) is 13.2 Å². The minimum Gasteiger partial charge on any atom is -0.348 e. The standard InChI is InChI=1S/C27H30F3N3O2S/c1-18-15-21(36-17-19-5-3-2-4-6-19)7-8-23(18)33-16-22(27(28,29)30)24(32-25(33)31)20-9-11-26(12-10-20)34-13-14-35-26/h2-8,15-16,20,25H,9-14,17,31H2,1H3. The van der Waals surface area contributed by atoms with Gasteiger partial charge in [-0.05, 0) is 49.1 Å². The van der Waals surface area contributed by atoms with Crippen molar-refractivity contribution in [3.8, 4) is 0 Å². The predicted molar refractivity (Wildman–Crippen MR) is 136 cm³/mol. The summed E-state index contributed by atoms with van der Waals surface area (Å²) < 4.78 is 54.1. The molecule has 36 heavy (non-hydrogen) atoms. The summed E-state index contributed by atoms with van der Waals surface area (Å²) in [6.07, 6.45) is -2.17. The smallest absolute Gasteiger partial charge is 0.348 e.